The molecule has 2 heterocycles. The fourth-order valence-electron chi connectivity index (χ4n) is 1.31. The van der Waals surface area contributed by atoms with Crippen LogP contribution in [-0.2, 0) is 4.79 Å². The maximum atomic E-state index is 10.8. The van der Waals surface area contributed by atoms with Crippen molar-refractivity contribution in [3.8, 4) is 0 Å². The van der Waals surface area contributed by atoms with E-state index < -0.39 is 0 Å². The third-order valence-corrected chi connectivity index (χ3v) is 3.23. The predicted molar refractivity (Wildman–Crippen MR) is 38.3 cm³/mol. The van der Waals surface area contributed by atoms with Crippen LogP contribution < -0.4 is 0 Å². The standard InChI is InChI=1S/C6H9NO2S/c8-4-3-5-7(4)2-1-6(9)10-5/h5-6,9H,1-3H2/t5-,6?/m0/s1. The lowest BCUT2D eigenvalue weighted by Gasteiger charge is -2.44. The molecule has 0 aliphatic carbocycles. The summed E-state index contributed by atoms with van der Waals surface area (Å²) in [6, 6.07) is 0. The molecule has 0 spiro atoms. The summed E-state index contributed by atoms with van der Waals surface area (Å²) in [5, 5.41) is 9.43. The van der Waals surface area contributed by atoms with Gasteiger partial charge in [-0.25, -0.2) is 0 Å². The molecule has 10 heavy (non-hydrogen) atoms. The van der Waals surface area contributed by atoms with E-state index in [1.165, 1.54) is 11.8 Å². The van der Waals surface area contributed by atoms with E-state index in [4.69, 9.17) is 5.11 Å². The molecule has 2 aliphatic rings. The van der Waals surface area contributed by atoms with Crippen LogP contribution in [0.15, 0.2) is 0 Å². The molecule has 56 valence electrons. The van der Waals surface area contributed by atoms with Gasteiger partial charge in [0.1, 0.15) is 5.44 Å². The zero-order valence-electron chi connectivity index (χ0n) is 5.49. The molecule has 2 atom stereocenters. The summed E-state index contributed by atoms with van der Waals surface area (Å²) in [5.41, 5.74) is -0.241. The zero-order chi connectivity index (χ0) is 7.14. The highest BCUT2D eigenvalue weighted by Gasteiger charge is 2.40. The number of aliphatic hydroxyl groups excluding tert-OH is 1. The molecule has 0 aromatic carbocycles. The zero-order valence-corrected chi connectivity index (χ0v) is 6.30. The lowest BCUT2D eigenvalue weighted by atomic mass is 10.2. The van der Waals surface area contributed by atoms with Gasteiger partial charge in [-0.3, -0.25) is 4.79 Å². The Morgan fingerprint density at radius 3 is 3.10 bits per heavy atom. The van der Waals surface area contributed by atoms with Crippen molar-refractivity contribution in [2.24, 2.45) is 0 Å². The Morgan fingerprint density at radius 1 is 1.70 bits per heavy atom. The Labute approximate surface area is 63.4 Å². The minimum absolute atomic E-state index is 0.240. The second-order valence-corrected chi connectivity index (χ2v) is 3.99. The fraction of sp³-hybridized carbons (Fsp3) is 0.833. The molecular formula is C6H9NO2S. The van der Waals surface area contributed by atoms with Crippen molar-refractivity contribution in [2.75, 3.05) is 6.54 Å². The number of hydrogen-bond acceptors (Lipinski definition) is 3. The Hall–Kier alpha value is -0.220. The molecule has 1 unspecified atom stereocenters. The number of thioether (sulfide) groups is 1. The number of aliphatic hydroxyl groups is 1. The first-order valence-electron chi connectivity index (χ1n) is 3.40. The van der Waals surface area contributed by atoms with E-state index in [0.717, 1.165) is 13.0 Å². The number of fused-ring (bicyclic) bond motifs is 1. The van der Waals surface area contributed by atoms with Crippen molar-refractivity contribution >= 4 is 17.7 Å². The van der Waals surface area contributed by atoms with E-state index in [-0.39, 0.29) is 16.7 Å². The minimum atomic E-state index is -0.241. The van der Waals surface area contributed by atoms with E-state index in [0.29, 0.717) is 6.42 Å². The van der Waals surface area contributed by atoms with Crippen LogP contribution in [0.1, 0.15) is 12.8 Å². The smallest absolute Gasteiger partial charge is 0.226 e. The summed E-state index contributed by atoms with van der Waals surface area (Å²) in [6.07, 6.45) is 1.36. The van der Waals surface area contributed by atoms with Crippen LogP contribution in [0.3, 0.4) is 0 Å². The van der Waals surface area contributed by atoms with E-state index in [2.05, 4.69) is 0 Å². The van der Waals surface area contributed by atoms with Gasteiger partial charge in [-0.15, -0.1) is 11.8 Å². The molecule has 2 rings (SSSR count). The van der Waals surface area contributed by atoms with Crippen LogP contribution in [0, 0.1) is 0 Å². The van der Waals surface area contributed by atoms with Crippen molar-refractivity contribution in [2.45, 2.75) is 23.7 Å². The molecule has 1 N–H and O–H groups in total. The third-order valence-electron chi connectivity index (χ3n) is 1.95. The van der Waals surface area contributed by atoms with Crippen LogP contribution >= 0.6 is 11.8 Å². The largest absolute Gasteiger partial charge is 0.382 e. The molecule has 0 bridgehead atoms. The van der Waals surface area contributed by atoms with Crippen molar-refractivity contribution in [3.63, 3.8) is 0 Å². The molecule has 2 aliphatic heterocycles. The first kappa shape index (κ1) is 6.49. The summed E-state index contributed by atoms with van der Waals surface area (Å²) >= 11 is 1.50. The maximum absolute atomic E-state index is 10.8. The number of hydrogen-bond donors (Lipinski definition) is 1. The van der Waals surface area contributed by atoms with Gasteiger partial charge in [0.25, 0.3) is 0 Å². The van der Waals surface area contributed by atoms with E-state index in [1.54, 1.807) is 0 Å². The van der Waals surface area contributed by atoms with Gasteiger partial charge >= 0.3 is 0 Å². The molecule has 0 radical (unpaired) electrons. The second kappa shape index (κ2) is 2.13. The number of β-lactam (4-membered cyclic amide) rings is 1. The number of carbonyl (C=O) groups is 1. The number of amides is 1. The van der Waals surface area contributed by atoms with Crippen LogP contribution in [0.4, 0.5) is 0 Å². The Kier molecular flexibility index (Phi) is 1.38. The Morgan fingerprint density at radius 2 is 2.50 bits per heavy atom. The molecule has 0 aromatic heterocycles. The lowest BCUT2D eigenvalue weighted by molar-refractivity contribution is -0.142. The van der Waals surface area contributed by atoms with Crippen molar-refractivity contribution in [3.05, 3.63) is 0 Å². The molecule has 3 nitrogen and oxygen atoms in total. The van der Waals surface area contributed by atoms with Gasteiger partial charge in [-0.05, 0) is 0 Å². The van der Waals surface area contributed by atoms with Crippen LogP contribution in [0.25, 0.3) is 0 Å². The number of nitrogens with zero attached hydrogens (tertiary/aromatic N) is 1. The van der Waals surface area contributed by atoms with E-state index in [9.17, 15) is 4.79 Å². The lowest BCUT2D eigenvalue weighted by Crippen LogP contribution is -2.54. The van der Waals surface area contributed by atoms with Gasteiger partial charge in [0, 0.05) is 13.0 Å². The average molecular weight is 159 g/mol. The normalized spacial score (nSPS) is 38.9. The molecule has 0 aromatic rings. The molecule has 2 saturated heterocycles. The monoisotopic (exact) mass is 159 g/mol. The molecule has 0 saturated carbocycles. The molecule has 2 fully saturated rings. The van der Waals surface area contributed by atoms with Crippen LogP contribution in [-0.4, -0.2) is 33.3 Å². The average Bonchev–Trinajstić information content (AvgIpc) is 1.86. The third kappa shape index (κ3) is 0.828. The molecular weight excluding hydrogens is 150 g/mol. The van der Waals surface area contributed by atoms with Gasteiger partial charge < -0.3 is 10.0 Å². The quantitative estimate of drug-likeness (QED) is 0.506. The summed E-state index contributed by atoms with van der Waals surface area (Å²) in [7, 11) is 0. The summed E-state index contributed by atoms with van der Waals surface area (Å²) in [4.78, 5) is 12.6. The summed E-state index contributed by atoms with van der Waals surface area (Å²) < 4.78 is 0. The van der Waals surface area contributed by atoms with Gasteiger partial charge in [-0.2, -0.15) is 0 Å². The minimum Gasteiger partial charge on any atom is -0.382 e. The summed E-state index contributed by atoms with van der Waals surface area (Å²) in [6.45, 7) is 0.748. The van der Waals surface area contributed by atoms with Gasteiger partial charge in [0.2, 0.25) is 5.91 Å². The molecule has 4 heteroatoms. The topological polar surface area (TPSA) is 40.5 Å². The highest BCUT2D eigenvalue weighted by atomic mass is 32.2. The van der Waals surface area contributed by atoms with Gasteiger partial charge in [0.05, 0.1) is 11.8 Å². The van der Waals surface area contributed by atoms with Crippen LogP contribution in [0.5, 0.6) is 0 Å². The predicted octanol–water partition coefficient (Wildman–Crippen LogP) is 0.000100. The van der Waals surface area contributed by atoms with Gasteiger partial charge in [-0.1, -0.05) is 0 Å². The fourth-order valence-corrected chi connectivity index (χ4v) is 2.53. The van der Waals surface area contributed by atoms with E-state index in [1.807, 2.05) is 4.90 Å². The van der Waals surface area contributed by atoms with E-state index >= 15 is 0 Å². The van der Waals surface area contributed by atoms with Gasteiger partial charge in [0.15, 0.2) is 0 Å². The Bertz CT molecular complexity index is 173. The van der Waals surface area contributed by atoms with Crippen LogP contribution in [0.2, 0.25) is 0 Å². The molecule has 1 amide bonds. The summed E-state index contributed by atoms with van der Waals surface area (Å²) in [5.74, 6) is 0.240. The highest BCUT2D eigenvalue weighted by Crippen LogP contribution is 2.36. The van der Waals surface area contributed by atoms with Crippen molar-refractivity contribution in [1.29, 1.82) is 0 Å². The Balaban J connectivity index is 1.99. The maximum Gasteiger partial charge on any atom is 0.226 e. The SMILES string of the molecule is O=C1C[C@@H]2SC(O)CCN12. The van der Waals surface area contributed by atoms with Crippen molar-refractivity contribution in [1.82, 2.24) is 4.90 Å². The van der Waals surface area contributed by atoms with Crippen molar-refractivity contribution < 1.29 is 9.90 Å². The first-order valence-corrected chi connectivity index (χ1v) is 4.34. The first-order chi connectivity index (χ1) is 4.77. The number of rotatable bonds is 0. The highest BCUT2D eigenvalue weighted by molar-refractivity contribution is 8.00. The number of carbonyl (C=O) groups excluding carboxylic acids is 1. The second-order valence-electron chi connectivity index (χ2n) is 2.63.